The van der Waals surface area contributed by atoms with Gasteiger partial charge in [0.25, 0.3) is 5.91 Å². The molecule has 3 rings (SSSR count). The zero-order valence-corrected chi connectivity index (χ0v) is 16.1. The summed E-state index contributed by atoms with van der Waals surface area (Å²) in [6.45, 7) is 7.22. The molecule has 0 spiro atoms. The maximum absolute atomic E-state index is 12.5. The third-order valence-corrected chi connectivity index (χ3v) is 4.98. The van der Waals surface area contributed by atoms with Crippen LogP contribution in [0.4, 0.5) is 0 Å². The molecule has 0 unspecified atom stereocenters. The first kappa shape index (κ1) is 18.7. The molecule has 138 valence electrons. The van der Waals surface area contributed by atoms with Crippen LogP contribution in [0.15, 0.2) is 52.5 Å². The van der Waals surface area contributed by atoms with Crippen molar-refractivity contribution >= 4 is 17.5 Å². The van der Waals surface area contributed by atoms with E-state index in [4.69, 9.17) is 16.0 Å². The van der Waals surface area contributed by atoms with Gasteiger partial charge in [-0.15, -0.1) is 0 Å². The second kappa shape index (κ2) is 8.56. The Bertz CT molecular complexity index is 785. The van der Waals surface area contributed by atoms with Crippen LogP contribution in [0, 0.1) is 0 Å². The van der Waals surface area contributed by atoms with Crippen LogP contribution in [-0.4, -0.2) is 36.5 Å². The number of carbonyl (C=O) groups excluding carboxylic acids is 1. The molecule has 1 saturated heterocycles. The lowest BCUT2D eigenvalue weighted by atomic mass is 10.0. The number of allylic oxidation sites excluding steroid dienone is 1. The molecule has 0 atom stereocenters. The minimum atomic E-state index is -0.161. The zero-order valence-electron chi connectivity index (χ0n) is 15.3. The van der Waals surface area contributed by atoms with E-state index in [0.29, 0.717) is 16.5 Å². The Hall–Kier alpha value is -2.04. The summed E-state index contributed by atoms with van der Waals surface area (Å²) in [5.41, 5.74) is 2.13. The average Bonchev–Trinajstić information content (AvgIpc) is 3.11. The molecule has 0 aliphatic carbocycles. The van der Waals surface area contributed by atoms with E-state index in [9.17, 15) is 4.79 Å². The largest absolute Gasteiger partial charge is 0.451 e. The summed E-state index contributed by atoms with van der Waals surface area (Å²) < 4.78 is 5.73. The fraction of sp³-hybridized carbons (Fsp3) is 0.381. The van der Waals surface area contributed by atoms with Gasteiger partial charge < -0.3 is 9.73 Å². The molecule has 1 aliphatic rings. The quantitative estimate of drug-likeness (QED) is 0.769. The number of rotatable bonds is 5. The summed E-state index contributed by atoms with van der Waals surface area (Å²) in [4.78, 5) is 14.9. The van der Waals surface area contributed by atoms with Crippen molar-refractivity contribution in [2.75, 3.05) is 19.6 Å². The van der Waals surface area contributed by atoms with Gasteiger partial charge in [-0.3, -0.25) is 9.69 Å². The third-order valence-electron chi connectivity index (χ3n) is 4.65. The Morgan fingerprint density at radius 3 is 2.65 bits per heavy atom. The number of hydrogen-bond acceptors (Lipinski definition) is 3. The van der Waals surface area contributed by atoms with Crippen LogP contribution in [0.2, 0.25) is 5.02 Å². The van der Waals surface area contributed by atoms with E-state index in [2.05, 4.69) is 30.1 Å². The maximum Gasteiger partial charge on any atom is 0.287 e. The highest BCUT2D eigenvalue weighted by Gasteiger charge is 2.22. The van der Waals surface area contributed by atoms with E-state index in [0.717, 1.165) is 38.0 Å². The van der Waals surface area contributed by atoms with E-state index in [-0.39, 0.29) is 11.9 Å². The van der Waals surface area contributed by atoms with Gasteiger partial charge in [0.2, 0.25) is 0 Å². The van der Waals surface area contributed by atoms with Crippen LogP contribution >= 0.6 is 11.6 Å². The van der Waals surface area contributed by atoms with Gasteiger partial charge in [0.05, 0.1) is 5.02 Å². The Labute approximate surface area is 159 Å². The fourth-order valence-corrected chi connectivity index (χ4v) is 3.32. The predicted molar refractivity (Wildman–Crippen MR) is 106 cm³/mol. The molecule has 1 aromatic carbocycles. The van der Waals surface area contributed by atoms with Crippen molar-refractivity contribution in [2.45, 2.75) is 32.7 Å². The number of carbonyl (C=O) groups is 1. The van der Waals surface area contributed by atoms with Gasteiger partial charge >= 0.3 is 0 Å². The van der Waals surface area contributed by atoms with Gasteiger partial charge in [0.15, 0.2) is 5.76 Å². The van der Waals surface area contributed by atoms with Crippen molar-refractivity contribution in [3.8, 4) is 11.3 Å². The van der Waals surface area contributed by atoms with E-state index in [1.807, 2.05) is 24.3 Å². The maximum atomic E-state index is 12.5. The van der Waals surface area contributed by atoms with Crippen LogP contribution in [0.25, 0.3) is 11.3 Å². The van der Waals surface area contributed by atoms with E-state index in [1.165, 1.54) is 5.57 Å². The summed E-state index contributed by atoms with van der Waals surface area (Å²) in [7, 11) is 0. The number of furan rings is 1. The van der Waals surface area contributed by atoms with Crippen LogP contribution in [0.1, 0.15) is 37.2 Å². The standard InChI is InChI=1S/C21H25ClN2O2/c1-15(2)9-12-24-13-10-16(11-14-24)23-21(25)20-8-7-19(26-20)17-5-3-4-6-18(17)22/h3-9,16H,10-14H2,1-2H3,(H,23,25). The van der Waals surface area contributed by atoms with Crippen LogP contribution in [0.5, 0.6) is 0 Å². The van der Waals surface area contributed by atoms with Gasteiger partial charge in [-0.2, -0.15) is 0 Å². The van der Waals surface area contributed by atoms with Gasteiger partial charge in [-0.05, 0) is 51.0 Å². The van der Waals surface area contributed by atoms with Crippen molar-refractivity contribution in [3.63, 3.8) is 0 Å². The lowest BCUT2D eigenvalue weighted by molar-refractivity contribution is 0.0887. The van der Waals surface area contributed by atoms with Crippen LogP contribution in [0.3, 0.4) is 0 Å². The summed E-state index contributed by atoms with van der Waals surface area (Å²) in [6.07, 6.45) is 4.17. The number of amides is 1. The second-order valence-corrected chi connectivity index (χ2v) is 7.38. The number of nitrogens with zero attached hydrogens (tertiary/aromatic N) is 1. The monoisotopic (exact) mass is 372 g/mol. The molecule has 1 aromatic heterocycles. The molecule has 1 fully saturated rings. The molecule has 0 radical (unpaired) electrons. The van der Waals surface area contributed by atoms with Gasteiger partial charge in [-0.1, -0.05) is 35.4 Å². The molecule has 26 heavy (non-hydrogen) atoms. The second-order valence-electron chi connectivity index (χ2n) is 6.97. The Balaban J connectivity index is 1.55. The molecular formula is C21H25ClN2O2. The third kappa shape index (κ3) is 4.77. The van der Waals surface area contributed by atoms with Crippen molar-refractivity contribution < 1.29 is 9.21 Å². The molecule has 0 bridgehead atoms. The van der Waals surface area contributed by atoms with E-state index >= 15 is 0 Å². The molecule has 1 aliphatic heterocycles. The average molecular weight is 373 g/mol. The molecule has 5 heteroatoms. The summed E-state index contributed by atoms with van der Waals surface area (Å²) >= 11 is 6.19. The van der Waals surface area contributed by atoms with Gasteiger partial charge in [0.1, 0.15) is 5.76 Å². The van der Waals surface area contributed by atoms with Crippen molar-refractivity contribution in [3.05, 3.63) is 58.8 Å². The first-order chi connectivity index (χ1) is 12.5. The Morgan fingerprint density at radius 2 is 1.96 bits per heavy atom. The number of hydrogen-bond donors (Lipinski definition) is 1. The molecular weight excluding hydrogens is 348 g/mol. The predicted octanol–water partition coefficient (Wildman–Crippen LogP) is 4.76. The van der Waals surface area contributed by atoms with Crippen LogP contribution in [-0.2, 0) is 0 Å². The highest BCUT2D eigenvalue weighted by Crippen LogP contribution is 2.29. The number of benzene rings is 1. The number of likely N-dealkylation sites (tertiary alicyclic amines) is 1. The minimum Gasteiger partial charge on any atom is -0.451 e. The molecule has 4 nitrogen and oxygen atoms in total. The molecule has 1 amide bonds. The Kier molecular flexibility index (Phi) is 6.17. The minimum absolute atomic E-state index is 0.161. The number of halogens is 1. The molecule has 2 aromatic rings. The number of piperidine rings is 1. The van der Waals surface area contributed by atoms with Crippen molar-refractivity contribution in [1.29, 1.82) is 0 Å². The summed E-state index contributed by atoms with van der Waals surface area (Å²) in [5, 5.41) is 3.70. The molecule has 2 heterocycles. The number of nitrogens with one attached hydrogen (secondary N) is 1. The zero-order chi connectivity index (χ0) is 18.5. The topological polar surface area (TPSA) is 45.5 Å². The highest BCUT2D eigenvalue weighted by atomic mass is 35.5. The molecule has 0 saturated carbocycles. The smallest absolute Gasteiger partial charge is 0.287 e. The lowest BCUT2D eigenvalue weighted by Crippen LogP contribution is -2.44. The van der Waals surface area contributed by atoms with Gasteiger partial charge in [-0.25, -0.2) is 0 Å². The summed E-state index contributed by atoms with van der Waals surface area (Å²) in [5.74, 6) is 0.773. The van der Waals surface area contributed by atoms with Crippen molar-refractivity contribution in [1.82, 2.24) is 10.2 Å². The van der Waals surface area contributed by atoms with Gasteiger partial charge in [0, 0.05) is 31.2 Å². The van der Waals surface area contributed by atoms with E-state index in [1.54, 1.807) is 12.1 Å². The van der Waals surface area contributed by atoms with Crippen LogP contribution < -0.4 is 5.32 Å². The van der Waals surface area contributed by atoms with E-state index < -0.39 is 0 Å². The fourth-order valence-electron chi connectivity index (χ4n) is 3.09. The van der Waals surface area contributed by atoms with Crippen molar-refractivity contribution in [2.24, 2.45) is 0 Å². The highest BCUT2D eigenvalue weighted by molar-refractivity contribution is 6.33. The SMILES string of the molecule is CC(C)=CCN1CCC(NC(=O)c2ccc(-c3ccccc3Cl)o2)CC1. The normalized spacial score (nSPS) is 15.7. The first-order valence-electron chi connectivity index (χ1n) is 9.04. The first-order valence-corrected chi connectivity index (χ1v) is 9.42. The molecule has 1 N–H and O–H groups in total. The Morgan fingerprint density at radius 1 is 1.23 bits per heavy atom. The lowest BCUT2D eigenvalue weighted by Gasteiger charge is -2.31. The summed E-state index contributed by atoms with van der Waals surface area (Å²) in [6, 6.07) is 11.1.